The van der Waals surface area contributed by atoms with Gasteiger partial charge < -0.3 is 151 Å². The molecule has 9 amide bonds. The Kier molecular flexibility index (Phi) is 59.9. The van der Waals surface area contributed by atoms with E-state index in [0.717, 1.165) is 4.90 Å². The van der Waals surface area contributed by atoms with Crippen molar-refractivity contribution in [2.45, 2.75) is 152 Å². The quantitative estimate of drug-likeness (QED) is 0.0213. The van der Waals surface area contributed by atoms with E-state index in [1.54, 1.807) is 38.1 Å². The second-order valence-corrected chi connectivity index (χ2v) is 26.5. The lowest BCUT2D eigenvalue weighted by atomic mass is 10.0. The first-order valence-electron chi connectivity index (χ1n) is 38.5. The van der Waals surface area contributed by atoms with Crippen LogP contribution in [0.5, 0.6) is 0 Å². The fourth-order valence-corrected chi connectivity index (χ4v) is 10.5. The van der Waals surface area contributed by atoms with Gasteiger partial charge in [0, 0.05) is 69.9 Å². The SMILES string of the molecule is CC(C)[C@H](NC(=O)[C@H](CCCCNC(=O)CCOCCOCCOCCOCCOCCOCCOCCOCCOCCOCCOCCOCCN(C[C@H](O)[C@@H](O)[C@H](O)[C@H](O)CO)C[C@H](O)[C@@H](O)[C@H](O)[C@H](O)CO)NC(=O)CCCCCN1C(=O)C=CC1=O)C(=O)N[C@@H](CCCNC(N)=O)C(=O)Nc1ccc(CO)cc1. The van der Waals surface area contributed by atoms with Crippen molar-refractivity contribution in [2.24, 2.45) is 11.7 Å². The number of benzene rings is 1. The minimum absolute atomic E-state index is 0.00761. The number of aliphatic hydroxyl groups excluding tert-OH is 11. The van der Waals surface area contributed by atoms with Crippen LogP contribution < -0.4 is 37.6 Å². The number of imide groups is 1. The van der Waals surface area contributed by atoms with Gasteiger partial charge in [-0.2, -0.15) is 0 Å². The molecule has 1 heterocycles. The van der Waals surface area contributed by atoms with Gasteiger partial charge >= 0.3 is 6.03 Å². The third-order valence-corrected chi connectivity index (χ3v) is 17.0. The van der Waals surface area contributed by atoms with Gasteiger partial charge in [0.2, 0.25) is 29.5 Å². The first-order chi connectivity index (χ1) is 54.4. The van der Waals surface area contributed by atoms with Gasteiger partial charge in [-0.1, -0.05) is 32.4 Å². The summed E-state index contributed by atoms with van der Waals surface area (Å²) in [5.74, 6) is -3.85. The van der Waals surface area contributed by atoms with Gasteiger partial charge in [-0.3, -0.25) is 43.4 Å². The Morgan fingerprint density at radius 2 is 0.823 bits per heavy atom. The molecule has 652 valence electrons. The summed E-state index contributed by atoms with van der Waals surface area (Å²) in [5.41, 5.74) is 6.24. The Morgan fingerprint density at radius 1 is 0.425 bits per heavy atom. The molecule has 0 bridgehead atoms. The molecule has 0 fully saturated rings. The smallest absolute Gasteiger partial charge is 0.312 e. The number of hydrogen-bond donors (Lipinski definition) is 18. The van der Waals surface area contributed by atoms with Crippen LogP contribution in [0, 0.1) is 5.92 Å². The number of amides is 9. The van der Waals surface area contributed by atoms with Crippen LogP contribution in [0.25, 0.3) is 0 Å². The average molecular weight is 1630 g/mol. The van der Waals surface area contributed by atoms with Gasteiger partial charge in [-0.25, -0.2) is 4.79 Å². The Hall–Kier alpha value is -6.24. The van der Waals surface area contributed by atoms with E-state index in [-0.39, 0.29) is 110 Å². The molecule has 40 heteroatoms. The number of ether oxygens (including phenoxy) is 12. The summed E-state index contributed by atoms with van der Waals surface area (Å²) in [6, 6.07) is 2.32. The van der Waals surface area contributed by atoms with Crippen LogP contribution in [0.3, 0.4) is 0 Å². The number of carbonyl (C=O) groups excluding carboxylic acids is 8. The van der Waals surface area contributed by atoms with E-state index in [1.807, 2.05) is 0 Å². The molecule has 1 aromatic carbocycles. The molecule has 19 N–H and O–H groups in total. The van der Waals surface area contributed by atoms with Crippen LogP contribution in [0.2, 0.25) is 0 Å². The maximum Gasteiger partial charge on any atom is 0.312 e. The number of nitrogens with two attached hydrogens (primary N) is 1. The summed E-state index contributed by atoms with van der Waals surface area (Å²) < 4.78 is 66.3. The molecule has 11 atom stereocenters. The second-order valence-electron chi connectivity index (χ2n) is 26.5. The van der Waals surface area contributed by atoms with E-state index in [1.165, 1.54) is 17.1 Å². The van der Waals surface area contributed by atoms with Crippen molar-refractivity contribution in [3.8, 4) is 0 Å². The summed E-state index contributed by atoms with van der Waals surface area (Å²) in [6.45, 7) is 8.80. The Labute approximate surface area is 660 Å². The molecule has 1 aliphatic rings. The maximum absolute atomic E-state index is 14.0. The van der Waals surface area contributed by atoms with E-state index < -0.39 is 141 Å². The van der Waals surface area contributed by atoms with Gasteiger partial charge in [0.05, 0.1) is 191 Å². The van der Waals surface area contributed by atoms with Gasteiger partial charge in [0.1, 0.15) is 54.7 Å². The van der Waals surface area contributed by atoms with Crippen LogP contribution in [-0.2, 0) is 97.0 Å². The van der Waals surface area contributed by atoms with E-state index in [4.69, 9.17) is 72.8 Å². The van der Waals surface area contributed by atoms with Crippen molar-refractivity contribution in [1.29, 1.82) is 0 Å². The number of carbonyl (C=O) groups is 8. The Balaban J connectivity index is 1.49. The summed E-state index contributed by atoms with van der Waals surface area (Å²) >= 11 is 0. The molecule has 0 saturated carbocycles. The van der Waals surface area contributed by atoms with Crippen molar-refractivity contribution >= 4 is 53.1 Å². The molecule has 2 rings (SSSR count). The van der Waals surface area contributed by atoms with Crippen molar-refractivity contribution in [3.05, 3.63) is 42.0 Å². The van der Waals surface area contributed by atoms with Crippen LogP contribution in [0.1, 0.15) is 83.6 Å². The van der Waals surface area contributed by atoms with Crippen molar-refractivity contribution < 1.29 is 151 Å². The number of rotatable bonds is 75. The standard InChI is InChI=1S/C73H129N9O31/c1-52(2)65(72(100)79-56(10-8-20-76-73(74)101)70(98)77-54-14-12-53(49-83)13-15-54)80-71(99)55(78-62(91)11-4-3-7-21-82-63(92)16-17-64(82)93)9-5-6-19-75-61(90)18-23-102-25-27-104-29-31-106-33-35-108-37-39-110-41-43-112-45-46-113-44-42-111-40-38-109-36-34-107-32-30-105-28-26-103-24-22-81(47-57(86)66(94)68(96)59(88)50-84)48-58(87)67(95)69(97)60(89)51-85/h12-17,52,55-60,65-69,83-89,94-97H,3-11,18-51H2,1-2H3,(H,75,90)(H,77,98)(H,78,91)(H,79,100)(H,80,99)(H3,74,76,101)/t55-,56-,57-,58-,59+,60+,65-,66+,67+,68+,69+/m0/s1. The van der Waals surface area contributed by atoms with E-state index >= 15 is 0 Å². The summed E-state index contributed by atoms with van der Waals surface area (Å²) in [7, 11) is 0. The highest BCUT2D eigenvalue weighted by atomic mass is 16.6. The zero-order chi connectivity index (χ0) is 83.2. The Morgan fingerprint density at radius 3 is 1.24 bits per heavy atom. The molecule has 113 heavy (non-hydrogen) atoms. The van der Waals surface area contributed by atoms with Crippen LogP contribution in [0.15, 0.2) is 36.4 Å². The van der Waals surface area contributed by atoms with Crippen molar-refractivity contribution in [2.75, 3.05) is 216 Å². The molecule has 1 aromatic rings. The fraction of sp³-hybridized carbons (Fsp3) is 0.781. The normalized spacial score (nSPS) is 15.3. The van der Waals surface area contributed by atoms with E-state index in [0.29, 0.717) is 162 Å². The predicted octanol–water partition coefficient (Wildman–Crippen LogP) is -5.79. The number of aliphatic hydroxyl groups is 11. The highest BCUT2D eigenvalue weighted by molar-refractivity contribution is 6.12. The number of nitrogens with one attached hydrogen (secondary N) is 6. The third-order valence-electron chi connectivity index (χ3n) is 17.0. The van der Waals surface area contributed by atoms with Crippen LogP contribution in [0.4, 0.5) is 10.5 Å². The molecule has 0 saturated heterocycles. The lowest BCUT2D eigenvalue weighted by Crippen LogP contribution is -2.57. The van der Waals surface area contributed by atoms with Gasteiger partial charge in [-0.15, -0.1) is 0 Å². The molecular weight excluding hydrogens is 1500 g/mol. The minimum Gasteiger partial charge on any atom is -0.394 e. The van der Waals surface area contributed by atoms with Gasteiger partial charge in [0.15, 0.2) is 0 Å². The molecular formula is C73H129N9O31. The minimum atomic E-state index is -1.90. The Bertz CT molecular complexity index is 2670. The predicted molar refractivity (Wildman–Crippen MR) is 403 cm³/mol. The topological polar surface area (TPSA) is 575 Å². The average Bonchev–Trinajstić information content (AvgIpc) is 1.81. The number of primary amides is 1. The summed E-state index contributed by atoms with van der Waals surface area (Å²) in [4.78, 5) is 105. The molecule has 0 aliphatic carbocycles. The monoisotopic (exact) mass is 1630 g/mol. The number of anilines is 1. The number of urea groups is 1. The van der Waals surface area contributed by atoms with Gasteiger partial charge in [0.25, 0.3) is 11.8 Å². The first kappa shape index (κ1) is 103. The highest BCUT2D eigenvalue weighted by Gasteiger charge is 2.36. The zero-order valence-corrected chi connectivity index (χ0v) is 65.4. The summed E-state index contributed by atoms with van der Waals surface area (Å²) in [5, 5.41) is 125. The van der Waals surface area contributed by atoms with Gasteiger partial charge in [-0.05, 0) is 68.6 Å². The lowest BCUT2D eigenvalue weighted by molar-refractivity contribution is -0.137. The first-order valence-corrected chi connectivity index (χ1v) is 38.5. The highest BCUT2D eigenvalue weighted by Crippen LogP contribution is 2.16. The number of nitrogens with zero attached hydrogens (tertiary/aromatic N) is 2. The molecule has 0 radical (unpaired) electrons. The van der Waals surface area contributed by atoms with Crippen LogP contribution in [-0.4, -0.2) is 391 Å². The fourth-order valence-electron chi connectivity index (χ4n) is 10.5. The molecule has 1 aliphatic heterocycles. The lowest BCUT2D eigenvalue weighted by Gasteiger charge is -2.33. The largest absolute Gasteiger partial charge is 0.394 e. The third kappa shape index (κ3) is 50.1. The zero-order valence-electron chi connectivity index (χ0n) is 65.4. The molecule has 0 spiro atoms. The summed E-state index contributed by atoms with van der Waals surface area (Å²) in [6.07, 6.45) is -9.22. The van der Waals surface area contributed by atoms with Crippen molar-refractivity contribution in [1.82, 2.24) is 36.4 Å². The van der Waals surface area contributed by atoms with Crippen LogP contribution >= 0.6 is 0 Å². The van der Waals surface area contributed by atoms with Crippen molar-refractivity contribution in [3.63, 3.8) is 0 Å². The second kappa shape index (κ2) is 65.9. The molecule has 0 unspecified atom stereocenters. The number of unbranched alkanes of at least 4 members (excludes halogenated alkanes) is 3. The van der Waals surface area contributed by atoms with E-state index in [2.05, 4.69) is 31.9 Å². The maximum atomic E-state index is 14.0. The molecule has 0 aromatic heterocycles. The van der Waals surface area contributed by atoms with E-state index in [9.17, 15) is 84.3 Å². The number of hydrogen-bond acceptors (Lipinski definition) is 32. The molecule has 40 nitrogen and oxygen atoms in total.